The molecule has 0 saturated heterocycles. The van der Waals surface area contributed by atoms with Crippen molar-refractivity contribution in [2.45, 2.75) is 33.6 Å². The monoisotopic (exact) mass is 339 g/mol. The van der Waals surface area contributed by atoms with Crippen molar-refractivity contribution < 1.29 is 9.59 Å². The van der Waals surface area contributed by atoms with E-state index in [4.69, 9.17) is 11.6 Å². The van der Waals surface area contributed by atoms with Gasteiger partial charge in [0, 0.05) is 17.3 Å². The van der Waals surface area contributed by atoms with Gasteiger partial charge in [0.05, 0.1) is 13.1 Å². The third kappa shape index (κ3) is 7.48. The minimum atomic E-state index is -0.154. The lowest BCUT2D eigenvalue weighted by Gasteiger charge is -2.19. The molecule has 0 atom stereocenters. The van der Waals surface area contributed by atoms with Crippen molar-refractivity contribution in [2.24, 2.45) is 0 Å². The molecule has 1 aromatic carbocycles. The van der Waals surface area contributed by atoms with Gasteiger partial charge in [-0.1, -0.05) is 37.9 Å². The highest BCUT2D eigenvalue weighted by Gasteiger charge is 2.13. The third-order valence-corrected chi connectivity index (χ3v) is 3.74. The number of benzene rings is 1. The number of nitrogens with one attached hydrogen (secondary N) is 2. The number of nitrogens with zero attached hydrogens (tertiary/aromatic N) is 1. The second-order valence-electron chi connectivity index (χ2n) is 5.51. The van der Waals surface area contributed by atoms with Crippen molar-refractivity contribution in [3.05, 3.63) is 28.8 Å². The van der Waals surface area contributed by atoms with Crippen LogP contribution in [0.5, 0.6) is 0 Å². The molecule has 128 valence electrons. The fourth-order valence-corrected chi connectivity index (χ4v) is 2.24. The Hall–Kier alpha value is -1.59. The summed E-state index contributed by atoms with van der Waals surface area (Å²) in [5.74, 6) is -0.203. The topological polar surface area (TPSA) is 61.4 Å². The van der Waals surface area contributed by atoms with Crippen molar-refractivity contribution >= 4 is 29.1 Å². The molecule has 0 fully saturated rings. The Kier molecular flexibility index (Phi) is 8.66. The van der Waals surface area contributed by atoms with Gasteiger partial charge in [-0.05, 0) is 37.6 Å². The standard InChI is InChI=1S/C17H26ClN3O2/c1-4-6-9-19-16(22)11-21(5-2)12-17(23)20-15-10-14(18)8-7-13(15)3/h7-8,10H,4-6,9,11-12H2,1-3H3,(H,19,22)(H,20,23). The van der Waals surface area contributed by atoms with Crippen LogP contribution in [0, 0.1) is 6.92 Å². The average Bonchev–Trinajstić information content (AvgIpc) is 2.50. The van der Waals surface area contributed by atoms with Crippen LogP contribution in [0.25, 0.3) is 0 Å². The Morgan fingerprint density at radius 2 is 1.87 bits per heavy atom. The maximum atomic E-state index is 12.2. The zero-order valence-electron chi connectivity index (χ0n) is 14.1. The molecule has 1 rings (SSSR count). The van der Waals surface area contributed by atoms with Gasteiger partial charge in [0.25, 0.3) is 0 Å². The number of hydrogen-bond donors (Lipinski definition) is 2. The summed E-state index contributed by atoms with van der Waals surface area (Å²) in [6.07, 6.45) is 2.01. The van der Waals surface area contributed by atoms with Crippen LogP contribution in [-0.4, -0.2) is 42.9 Å². The van der Waals surface area contributed by atoms with E-state index >= 15 is 0 Å². The van der Waals surface area contributed by atoms with Crippen LogP contribution in [0.1, 0.15) is 32.3 Å². The molecule has 0 heterocycles. The first-order valence-electron chi connectivity index (χ1n) is 8.01. The molecule has 0 radical (unpaired) electrons. The van der Waals surface area contributed by atoms with Crippen LogP contribution in [-0.2, 0) is 9.59 Å². The summed E-state index contributed by atoms with van der Waals surface area (Å²) in [5.41, 5.74) is 1.65. The molecule has 5 nitrogen and oxygen atoms in total. The lowest BCUT2D eigenvalue weighted by atomic mass is 10.2. The predicted octanol–water partition coefficient (Wildman–Crippen LogP) is 2.83. The summed E-state index contributed by atoms with van der Waals surface area (Å²) < 4.78 is 0. The van der Waals surface area contributed by atoms with Crippen molar-refractivity contribution in [1.29, 1.82) is 0 Å². The largest absolute Gasteiger partial charge is 0.355 e. The van der Waals surface area contributed by atoms with Crippen molar-refractivity contribution in [1.82, 2.24) is 10.2 Å². The lowest BCUT2D eigenvalue weighted by Crippen LogP contribution is -2.41. The number of unbranched alkanes of at least 4 members (excludes halogenated alkanes) is 1. The Bertz CT molecular complexity index is 535. The zero-order valence-corrected chi connectivity index (χ0v) is 14.9. The lowest BCUT2D eigenvalue weighted by molar-refractivity contribution is -0.123. The van der Waals surface area contributed by atoms with Crippen LogP contribution < -0.4 is 10.6 Å². The van der Waals surface area contributed by atoms with E-state index < -0.39 is 0 Å². The van der Waals surface area contributed by atoms with Gasteiger partial charge in [0.15, 0.2) is 0 Å². The summed E-state index contributed by atoms with van der Waals surface area (Å²) in [4.78, 5) is 25.8. The molecule has 0 saturated carbocycles. The van der Waals surface area contributed by atoms with Crippen LogP contribution in [0.4, 0.5) is 5.69 Å². The average molecular weight is 340 g/mol. The molecule has 0 aliphatic rings. The predicted molar refractivity (Wildman–Crippen MR) is 94.9 cm³/mol. The fourth-order valence-electron chi connectivity index (χ4n) is 2.06. The molecular formula is C17H26ClN3O2. The molecule has 1 aromatic rings. The molecule has 0 bridgehead atoms. The number of rotatable bonds is 9. The van der Waals surface area contributed by atoms with Crippen LogP contribution >= 0.6 is 11.6 Å². The Balaban J connectivity index is 2.49. The van der Waals surface area contributed by atoms with Crippen molar-refractivity contribution in [2.75, 3.05) is 31.5 Å². The summed E-state index contributed by atoms with van der Waals surface area (Å²) in [6.45, 7) is 7.62. The van der Waals surface area contributed by atoms with E-state index in [1.807, 2.05) is 19.9 Å². The first-order valence-corrected chi connectivity index (χ1v) is 8.39. The quantitative estimate of drug-likeness (QED) is 0.680. The minimum absolute atomic E-state index is 0.0490. The highest BCUT2D eigenvalue weighted by molar-refractivity contribution is 6.31. The Morgan fingerprint density at radius 3 is 2.52 bits per heavy atom. The fraction of sp³-hybridized carbons (Fsp3) is 0.529. The van der Waals surface area contributed by atoms with E-state index in [0.717, 1.165) is 18.4 Å². The number of carbonyl (C=O) groups excluding carboxylic acids is 2. The number of carbonyl (C=O) groups is 2. The van der Waals surface area contributed by atoms with E-state index in [1.54, 1.807) is 17.0 Å². The molecular weight excluding hydrogens is 314 g/mol. The van der Waals surface area contributed by atoms with Crippen LogP contribution in [0.15, 0.2) is 18.2 Å². The summed E-state index contributed by atoms with van der Waals surface area (Å²) in [6, 6.07) is 5.37. The molecule has 6 heteroatoms. The molecule has 0 unspecified atom stereocenters. The molecule has 0 aromatic heterocycles. The number of likely N-dealkylation sites (N-methyl/N-ethyl adjacent to an activating group) is 1. The van der Waals surface area contributed by atoms with Crippen LogP contribution in [0.2, 0.25) is 5.02 Å². The van der Waals surface area contributed by atoms with Gasteiger partial charge in [-0.15, -0.1) is 0 Å². The van der Waals surface area contributed by atoms with Crippen molar-refractivity contribution in [3.8, 4) is 0 Å². The molecule has 23 heavy (non-hydrogen) atoms. The SMILES string of the molecule is CCCCNC(=O)CN(CC)CC(=O)Nc1cc(Cl)ccc1C. The second-order valence-corrected chi connectivity index (χ2v) is 5.95. The first-order chi connectivity index (χ1) is 11.0. The summed E-state index contributed by atoms with van der Waals surface area (Å²) in [5, 5.41) is 6.28. The second kappa shape index (κ2) is 10.2. The highest BCUT2D eigenvalue weighted by Crippen LogP contribution is 2.20. The number of anilines is 1. The van der Waals surface area contributed by atoms with Crippen LogP contribution in [0.3, 0.4) is 0 Å². The smallest absolute Gasteiger partial charge is 0.238 e. The van der Waals surface area contributed by atoms with Crippen molar-refractivity contribution in [3.63, 3.8) is 0 Å². The van der Waals surface area contributed by atoms with Gasteiger partial charge >= 0.3 is 0 Å². The first kappa shape index (κ1) is 19.5. The zero-order chi connectivity index (χ0) is 17.2. The van der Waals surface area contributed by atoms with E-state index in [-0.39, 0.29) is 24.9 Å². The van der Waals surface area contributed by atoms with Gasteiger partial charge in [-0.2, -0.15) is 0 Å². The third-order valence-electron chi connectivity index (χ3n) is 3.51. The number of hydrogen-bond acceptors (Lipinski definition) is 3. The Morgan fingerprint density at radius 1 is 1.17 bits per heavy atom. The molecule has 0 spiro atoms. The summed E-state index contributed by atoms with van der Waals surface area (Å²) in [7, 11) is 0. The number of halogens is 1. The highest BCUT2D eigenvalue weighted by atomic mass is 35.5. The number of amides is 2. The Labute approximate surface area is 143 Å². The van der Waals surface area contributed by atoms with Gasteiger partial charge in [0.1, 0.15) is 0 Å². The van der Waals surface area contributed by atoms with Gasteiger partial charge < -0.3 is 10.6 Å². The van der Waals surface area contributed by atoms with E-state index in [0.29, 0.717) is 23.8 Å². The molecule has 0 aliphatic carbocycles. The maximum Gasteiger partial charge on any atom is 0.238 e. The van der Waals surface area contributed by atoms with E-state index in [1.165, 1.54) is 0 Å². The maximum absolute atomic E-state index is 12.2. The van der Waals surface area contributed by atoms with Gasteiger partial charge in [0.2, 0.25) is 11.8 Å². The van der Waals surface area contributed by atoms with Gasteiger partial charge in [-0.25, -0.2) is 0 Å². The minimum Gasteiger partial charge on any atom is -0.355 e. The number of aryl methyl sites for hydroxylation is 1. The molecule has 2 N–H and O–H groups in total. The van der Waals surface area contributed by atoms with E-state index in [2.05, 4.69) is 17.6 Å². The normalized spacial score (nSPS) is 10.7. The van der Waals surface area contributed by atoms with E-state index in [9.17, 15) is 9.59 Å². The molecule has 0 aliphatic heterocycles. The van der Waals surface area contributed by atoms with Gasteiger partial charge in [-0.3, -0.25) is 14.5 Å². The molecule has 2 amide bonds. The summed E-state index contributed by atoms with van der Waals surface area (Å²) >= 11 is 5.95.